The highest BCUT2D eigenvalue weighted by atomic mass is 35.5. The molecular weight excluding hydrogens is 729 g/mol. The molecule has 2 unspecified atom stereocenters. The van der Waals surface area contributed by atoms with Crippen LogP contribution >= 0.6 is 11.6 Å². The van der Waals surface area contributed by atoms with Gasteiger partial charge in [0.05, 0.1) is 25.5 Å². The zero-order valence-electron chi connectivity index (χ0n) is 29.2. The van der Waals surface area contributed by atoms with Crippen LogP contribution in [0.4, 0.5) is 13.2 Å². The molecule has 16 heteroatoms. The first-order chi connectivity index (χ1) is 24.3. The molecule has 2 aliphatic rings. The molecule has 0 N–H and O–H groups in total. The van der Waals surface area contributed by atoms with E-state index >= 15 is 4.79 Å². The van der Waals surface area contributed by atoms with Crippen molar-refractivity contribution in [2.45, 2.75) is 67.3 Å². The Morgan fingerprint density at radius 2 is 1.69 bits per heavy atom. The van der Waals surface area contributed by atoms with Gasteiger partial charge in [0, 0.05) is 57.1 Å². The number of carbonyl (C=O) groups excluding carboxylic acids is 3. The maximum Gasteiger partial charge on any atom is 0.573 e. The second kappa shape index (κ2) is 14.6. The predicted octanol–water partition coefficient (Wildman–Crippen LogP) is 5.78. The first-order valence-corrected chi connectivity index (χ1v) is 18.1. The molecule has 1 aliphatic carbocycles. The minimum absolute atomic E-state index is 0.00136. The number of likely N-dealkylation sites (N-methyl/N-ethyl adjacent to an activating group) is 1. The Kier molecular flexibility index (Phi) is 10.9. The normalized spacial score (nSPS) is 22.3. The standard InChI is InChI=1S/C36H38ClF3N2O9S/c1-20-7-11-29(49-6)27(15-20)35(42-19-24(50-21(2)43)17-28(42)34(45)41(3)4)26-16-22(37)8-10-25(26)31(13-14-33(35)44)52(46,47)32-12-9-23(48-5)18-30(32)51-36(38,39)40/h7-12,15-16,18,24,28,31H,13-14,17,19H2,1-6H3/t24-,28+,31?,35?/m1/s1. The molecule has 4 atom stereocenters. The maximum absolute atomic E-state index is 15.2. The third-order valence-corrected chi connectivity index (χ3v) is 11.8. The summed E-state index contributed by atoms with van der Waals surface area (Å²) in [6.45, 7) is 2.88. The first-order valence-electron chi connectivity index (χ1n) is 16.2. The second-order valence-corrected chi connectivity index (χ2v) is 15.4. The predicted molar refractivity (Wildman–Crippen MR) is 183 cm³/mol. The van der Waals surface area contributed by atoms with Crippen molar-refractivity contribution in [1.29, 1.82) is 0 Å². The number of hydrogen-bond donors (Lipinski definition) is 0. The molecule has 3 aromatic carbocycles. The Bertz CT molecular complexity index is 2010. The number of hydrogen-bond acceptors (Lipinski definition) is 10. The largest absolute Gasteiger partial charge is 0.573 e. The summed E-state index contributed by atoms with van der Waals surface area (Å²) in [6, 6.07) is 11.3. The molecule has 0 saturated carbocycles. The minimum atomic E-state index is -5.25. The van der Waals surface area contributed by atoms with Crippen molar-refractivity contribution in [3.05, 3.63) is 81.9 Å². The van der Waals surface area contributed by atoms with Crippen LogP contribution in [0.1, 0.15) is 53.7 Å². The monoisotopic (exact) mass is 766 g/mol. The van der Waals surface area contributed by atoms with Crippen LogP contribution in [0, 0.1) is 6.92 Å². The van der Waals surface area contributed by atoms with Crippen LogP contribution in [0.3, 0.4) is 0 Å². The summed E-state index contributed by atoms with van der Waals surface area (Å²) < 4.78 is 90.9. The summed E-state index contributed by atoms with van der Waals surface area (Å²) in [4.78, 5) is 43.6. The van der Waals surface area contributed by atoms with Crippen molar-refractivity contribution in [2.75, 3.05) is 34.9 Å². The zero-order chi connectivity index (χ0) is 38.3. The van der Waals surface area contributed by atoms with E-state index in [0.29, 0.717) is 5.56 Å². The first kappa shape index (κ1) is 38.9. The third-order valence-electron chi connectivity index (χ3n) is 9.34. The number of ether oxygens (including phenoxy) is 4. The summed E-state index contributed by atoms with van der Waals surface area (Å²) >= 11 is 6.65. The Hall–Kier alpha value is -4.34. The molecule has 280 valence electrons. The van der Waals surface area contributed by atoms with E-state index in [4.69, 9.17) is 25.8 Å². The van der Waals surface area contributed by atoms with E-state index in [0.717, 1.165) is 12.1 Å². The van der Waals surface area contributed by atoms with Crippen LogP contribution in [0.5, 0.6) is 17.2 Å². The molecule has 0 aromatic heterocycles. The molecule has 0 spiro atoms. The lowest BCUT2D eigenvalue weighted by atomic mass is 9.74. The molecule has 1 saturated heterocycles. The third kappa shape index (κ3) is 7.18. The fraction of sp³-hybridized carbons (Fsp3) is 0.417. The quantitative estimate of drug-likeness (QED) is 0.195. The second-order valence-electron chi connectivity index (χ2n) is 12.9. The zero-order valence-corrected chi connectivity index (χ0v) is 30.8. The van der Waals surface area contributed by atoms with E-state index < -0.39 is 73.9 Å². The molecule has 52 heavy (non-hydrogen) atoms. The molecular formula is C36H38ClF3N2O9S. The van der Waals surface area contributed by atoms with Gasteiger partial charge in [-0.25, -0.2) is 8.42 Å². The van der Waals surface area contributed by atoms with Gasteiger partial charge in [-0.15, -0.1) is 13.2 Å². The van der Waals surface area contributed by atoms with Gasteiger partial charge in [0.25, 0.3) is 0 Å². The number of methoxy groups -OCH3 is 2. The van der Waals surface area contributed by atoms with Crippen molar-refractivity contribution < 1.29 is 54.9 Å². The van der Waals surface area contributed by atoms with Gasteiger partial charge in [0.1, 0.15) is 28.0 Å². The molecule has 3 aromatic rings. The van der Waals surface area contributed by atoms with E-state index in [1.165, 1.54) is 64.4 Å². The van der Waals surface area contributed by atoms with Gasteiger partial charge in [-0.1, -0.05) is 29.3 Å². The van der Waals surface area contributed by atoms with Crippen molar-refractivity contribution in [2.24, 2.45) is 0 Å². The Labute approximate surface area is 304 Å². The van der Waals surface area contributed by atoms with Gasteiger partial charge in [-0.05, 0) is 60.9 Å². The van der Waals surface area contributed by atoms with E-state index in [1.54, 1.807) is 30.0 Å². The lowest BCUT2D eigenvalue weighted by Gasteiger charge is -2.45. The van der Waals surface area contributed by atoms with Gasteiger partial charge < -0.3 is 23.8 Å². The Morgan fingerprint density at radius 3 is 2.31 bits per heavy atom. The van der Waals surface area contributed by atoms with E-state index in [-0.39, 0.29) is 52.6 Å². The molecule has 0 bridgehead atoms. The number of ketones is 1. The number of alkyl halides is 3. The molecule has 1 heterocycles. The lowest BCUT2D eigenvalue weighted by molar-refractivity contribution is -0.275. The van der Waals surface area contributed by atoms with Crippen molar-refractivity contribution >= 4 is 39.1 Å². The van der Waals surface area contributed by atoms with Crippen LogP contribution in [0.25, 0.3) is 0 Å². The summed E-state index contributed by atoms with van der Waals surface area (Å²) in [6.07, 6.45) is -6.88. The molecule has 5 rings (SSSR count). The summed E-state index contributed by atoms with van der Waals surface area (Å²) in [5, 5.41) is -1.49. The molecule has 1 amide bonds. The lowest BCUT2D eigenvalue weighted by Crippen LogP contribution is -2.58. The molecule has 1 fully saturated rings. The highest BCUT2D eigenvalue weighted by Gasteiger charge is 2.59. The maximum atomic E-state index is 15.2. The van der Waals surface area contributed by atoms with Crippen LogP contribution in [0.15, 0.2) is 59.5 Å². The molecule has 1 aliphatic heterocycles. The van der Waals surface area contributed by atoms with E-state index in [9.17, 15) is 31.2 Å². The van der Waals surface area contributed by atoms with Crippen LogP contribution in [0.2, 0.25) is 5.02 Å². The highest BCUT2D eigenvalue weighted by molar-refractivity contribution is 7.91. The number of sulfone groups is 1. The number of Topliss-reactive ketones (excluding diaryl/α,β-unsaturated/α-hetero) is 1. The summed E-state index contributed by atoms with van der Waals surface area (Å²) in [5.41, 5.74) is -0.880. The van der Waals surface area contributed by atoms with Crippen LogP contribution in [-0.2, 0) is 34.5 Å². The SMILES string of the molecule is COc1ccc(S(=O)(=O)C2CCC(=O)C(c3cc(C)ccc3OC)(N3C[C@H](OC(C)=O)C[C@H]3C(=O)N(C)C)c3cc(Cl)ccc32)c(OC(F)(F)F)c1. The number of benzene rings is 3. The minimum Gasteiger partial charge on any atom is -0.497 e. The number of esters is 1. The van der Waals surface area contributed by atoms with Crippen molar-refractivity contribution in [3.63, 3.8) is 0 Å². The average molecular weight is 767 g/mol. The van der Waals surface area contributed by atoms with Gasteiger partial charge in [0.2, 0.25) is 5.91 Å². The summed E-state index contributed by atoms with van der Waals surface area (Å²) in [5.74, 6) is -2.43. The Balaban J connectivity index is 1.87. The number of fused-ring (bicyclic) bond motifs is 1. The molecule has 11 nitrogen and oxygen atoms in total. The Morgan fingerprint density at radius 1 is 0.981 bits per heavy atom. The fourth-order valence-corrected chi connectivity index (χ4v) is 9.38. The number of aryl methyl sites for hydroxylation is 1. The number of nitrogens with zero attached hydrogens (tertiary/aromatic N) is 2. The van der Waals surface area contributed by atoms with E-state index in [2.05, 4.69) is 4.74 Å². The average Bonchev–Trinajstić information content (AvgIpc) is 3.41. The smallest absolute Gasteiger partial charge is 0.497 e. The van der Waals surface area contributed by atoms with E-state index in [1.807, 2.05) is 0 Å². The molecule has 0 radical (unpaired) electrons. The van der Waals surface area contributed by atoms with Crippen LogP contribution < -0.4 is 14.2 Å². The van der Waals surface area contributed by atoms with Gasteiger partial charge in [-0.3, -0.25) is 19.3 Å². The summed E-state index contributed by atoms with van der Waals surface area (Å²) in [7, 11) is 0.897. The number of likely N-dealkylation sites (tertiary alicyclic amines) is 1. The van der Waals surface area contributed by atoms with Gasteiger partial charge in [0.15, 0.2) is 21.4 Å². The number of halogens is 4. The van der Waals surface area contributed by atoms with Crippen molar-refractivity contribution in [3.8, 4) is 17.2 Å². The number of carbonyl (C=O) groups is 3. The number of amides is 1. The highest BCUT2D eigenvalue weighted by Crippen LogP contribution is 2.53. The van der Waals surface area contributed by atoms with Gasteiger partial charge in [-0.2, -0.15) is 0 Å². The fourth-order valence-electron chi connectivity index (χ4n) is 7.29. The van der Waals surface area contributed by atoms with Crippen LogP contribution in [-0.4, -0.2) is 89.2 Å². The number of rotatable bonds is 9. The van der Waals surface area contributed by atoms with Gasteiger partial charge >= 0.3 is 12.3 Å². The topological polar surface area (TPSA) is 129 Å². The van der Waals surface area contributed by atoms with Crippen molar-refractivity contribution in [1.82, 2.24) is 9.80 Å².